The largest absolute Gasteiger partial charge is 0.457 e. The fraction of sp³-hybridized carbons (Fsp3) is 0.188. The molecule has 2 N–H and O–H groups in total. The third-order valence-electron chi connectivity index (χ3n) is 4.01. The smallest absolute Gasteiger partial charge is 0.155 e. The van der Waals surface area contributed by atoms with Gasteiger partial charge in [-0.25, -0.2) is 4.99 Å². The number of ether oxygens (including phenoxy) is 1. The van der Waals surface area contributed by atoms with Crippen LogP contribution >= 0.6 is 50.3 Å². The maximum Gasteiger partial charge on any atom is 0.155 e. The van der Waals surface area contributed by atoms with Crippen molar-refractivity contribution in [2.45, 2.75) is 12.0 Å². The van der Waals surface area contributed by atoms with E-state index in [0.717, 1.165) is 39.3 Å². The summed E-state index contributed by atoms with van der Waals surface area (Å²) in [5.74, 6) is 2.69. The van der Waals surface area contributed by atoms with Gasteiger partial charge in [-0.1, -0.05) is 27.7 Å². The molecular weight excluding hydrogens is 475 g/mol. The van der Waals surface area contributed by atoms with Gasteiger partial charge in [-0.05, 0) is 65.4 Å². The molecule has 0 saturated carbocycles. The second kappa shape index (κ2) is 5.42. The van der Waals surface area contributed by atoms with E-state index >= 15 is 0 Å². The third kappa shape index (κ3) is 2.27. The van der Waals surface area contributed by atoms with E-state index in [1.54, 1.807) is 11.8 Å². The maximum absolute atomic E-state index is 6.11. The molecule has 2 aliphatic rings. The first kappa shape index (κ1) is 14.8. The van der Waals surface area contributed by atoms with Crippen LogP contribution in [-0.2, 0) is 5.54 Å². The molecule has 0 saturated heterocycles. The van der Waals surface area contributed by atoms with Crippen LogP contribution in [0.15, 0.2) is 45.9 Å². The Labute approximate surface area is 155 Å². The van der Waals surface area contributed by atoms with E-state index in [-0.39, 0.29) is 0 Å². The lowest BCUT2D eigenvalue weighted by molar-refractivity contribution is 0.391. The normalized spacial score (nSPS) is 22.5. The lowest BCUT2D eigenvalue weighted by atomic mass is 9.78. The number of thioether (sulfide) groups is 1. The van der Waals surface area contributed by atoms with Crippen molar-refractivity contribution in [2.24, 2.45) is 10.7 Å². The van der Waals surface area contributed by atoms with Gasteiger partial charge >= 0.3 is 0 Å². The van der Waals surface area contributed by atoms with Crippen LogP contribution in [0.1, 0.15) is 17.5 Å². The van der Waals surface area contributed by atoms with Gasteiger partial charge in [0.05, 0.1) is 0 Å². The Morgan fingerprint density at radius 2 is 1.91 bits per heavy atom. The highest BCUT2D eigenvalue weighted by atomic mass is 127. The zero-order valence-corrected chi connectivity index (χ0v) is 16.0. The summed E-state index contributed by atoms with van der Waals surface area (Å²) in [4.78, 5) is 4.89. The Kier molecular flexibility index (Phi) is 3.65. The summed E-state index contributed by atoms with van der Waals surface area (Å²) in [5, 5.41) is 0.642. The van der Waals surface area contributed by atoms with Crippen molar-refractivity contribution in [3.63, 3.8) is 0 Å². The van der Waals surface area contributed by atoms with Gasteiger partial charge in [-0.15, -0.1) is 0 Å². The van der Waals surface area contributed by atoms with Crippen LogP contribution in [0.3, 0.4) is 0 Å². The van der Waals surface area contributed by atoms with Crippen LogP contribution in [0.2, 0.25) is 0 Å². The summed E-state index contributed by atoms with van der Waals surface area (Å²) < 4.78 is 8.30. The van der Waals surface area contributed by atoms with Crippen LogP contribution in [0, 0.1) is 3.57 Å². The Bertz CT molecular complexity index is 757. The Hall–Kier alpha value is -0.730. The molecule has 2 aromatic rings. The van der Waals surface area contributed by atoms with Crippen LogP contribution in [-0.4, -0.2) is 10.9 Å². The molecule has 0 aliphatic carbocycles. The van der Waals surface area contributed by atoms with E-state index in [0.29, 0.717) is 5.17 Å². The molecule has 0 aromatic heterocycles. The molecule has 6 heteroatoms. The highest BCUT2D eigenvalue weighted by Crippen LogP contribution is 2.53. The number of halogens is 2. The topological polar surface area (TPSA) is 47.6 Å². The summed E-state index contributed by atoms with van der Waals surface area (Å²) >= 11 is 7.51. The number of rotatable bonds is 0. The molecule has 2 aliphatic heterocycles. The molecule has 0 bridgehead atoms. The van der Waals surface area contributed by atoms with Gasteiger partial charge < -0.3 is 10.5 Å². The van der Waals surface area contributed by atoms with Crippen LogP contribution in [0.4, 0.5) is 0 Å². The zero-order valence-electron chi connectivity index (χ0n) is 11.5. The molecule has 3 nitrogen and oxygen atoms in total. The number of fused-ring (bicyclic) bond motifs is 4. The monoisotopic (exact) mass is 486 g/mol. The van der Waals surface area contributed by atoms with Crippen molar-refractivity contribution in [1.29, 1.82) is 0 Å². The molecule has 4 rings (SSSR count). The van der Waals surface area contributed by atoms with Crippen molar-refractivity contribution in [2.75, 3.05) is 5.75 Å². The van der Waals surface area contributed by atoms with Crippen molar-refractivity contribution in [3.05, 3.63) is 55.6 Å². The summed E-state index contributed by atoms with van der Waals surface area (Å²) in [6, 6.07) is 12.3. The molecule has 0 amide bonds. The second-order valence-corrected chi connectivity index (χ2v) is 8.57. The Balaban J connectivity index is 2.05. The van der Waals surface area contributed by atoms with Crippen LogP contribution in [0.5, 0.6) is 11.5 Å². The van der Waals surface area contributed by atoms with Gasteiger partial charge in [0.25, 0.3) is 0 Å². The predicted octanol–water partition coefficient (Wildman–Crippen LogP) is 4.85. The second-order valence-electron chi connectivity index (χ2n) is 5.29. The molecule has 1 spiro atoms. The molecule has 2 aromatic carbocycles. The Morgan fingerprint density at radius 3 is 2.68 bits per heavy atom. The summed E-state index contributed by atoms with van der Waals surface area (Å²) in [7, 11) is 0. The number of benzene rings is 2. The predicted molar refractivity (Wildman–Crippen MR) is 103 cm³/mol. The molecule has 0 fully saturated rings. The minimum Gasteiger partial charge on any atom is -0.457 e. The Morgan fingerprint density at radius 1 is 1.18 bits per heavy atom. The van der Waals surface area contributed by atoms with Gasteiger partial charge in [0, 0.05) is 24.9 Å². The summed E-state index contributed by atoms with van der Waals surface area (Å²) in [6.45, 7) is 0. The van der Waals surface area contributed by atoms with Gasteiger partial charge in [0.15, 0.2) is 5.17 Å². The number of hydrogen-bond donors (Lipinski definition) is 1. The lowest BCUT2D eigenvalue weighted by Gasteiger charge is -2.39. The third-order valence-corrected chi connectivity index (χ3v) is 5.97. The summed E-state index contributed by atoms with van der Waals surface area (Å²) in [6.07, 6.45) is 0.915. The molecule has 112 valence electrons. The molecule has 1 atom stereocenters. The van der Waals surface area contributed by atoms with E-state index in [9.17, 15) is 0 Å². The van der Waals surface area contributed by atoms with Crippen LogP contribution in [0.25, 0.3) is 0 Å². The molecule has 22 heavy (non-hydrogen) atoms. The molecule has 0 radical (unpaired) electrons. The average molecular weight is 487 g/mol. The minimum absolute atomic E-state index is 0.441. The van der Waals surface area contributed by atoms with E-state index in [1.165, 1.54) is 3.57 Å². The number of hydrogen-bond acceptors (Lipinski definition) is 4. The first-order valence-corrected chi connectivity index (χ1v) is 9.70. The average Bonchev–Trinajstić information content (AvgIpc) is 2.49. The zero-order chi connectivity index (χ0) is 15.3. The maximum atomic E-state index is 6.11. The molecular formula is C16H12BrIN2OS. The fourth-order valence-electron chi connectivity index (χ4n) is 3.06. The van der Waals surface area contributed by atoms with Crippen LogP contribution < -0.4 is 10.5 Å². The number of nitrogens with zero attached hydrogens (tertiary/aromatic N) is 1. The molecule has 2 heterocycles. The minimum atomic E-state index is -0.441. The van der Waals surface area contributed by atoms with E-state index in [4.69, 9.17) is 15.5 Å². The van der Waals surface area contributed by atoms with Crippen molar-refractivity contribution < 1.29 is 4.74 Å². The van der Waals surface area contributed by atoms with Gasteiger partial charge in [-0.3, -0.25) is 0 Å². The van der Waals surface area contributed by atoms with E-state index in [1.807, 2.05) is 18.2 Å². The first-order valence-electron chi connectivity index (χ1n) is 6.84. The fourth-order valence-corrected chi connectivity index (χ4v) is 4.74. The van der Waals surface area contributed by atoms with Gasteiger partial charge in [0.2, 0.25) is 0 Å². The highest BCUT2D eigenvalue weighted by molar-refractivity contribution is 14.1. The van der Waals surface area contributed by atoms with Gasteiger partial charge in [0.1, 0.15) is 17.0 Å². The number of amidine groups is 1. The highest BCUT2D eigenvalue weighted by Gasteiger charge is 2.44. The van der Waals surface area contributed by atoms with Gasteiger partial charge in [-0.2, -0.15) is 0 Å². The quantitative estimate of drug-likeness (QED) is 0.541. The van der Waals surface area contributed by atoms with E-state index < -0.39 is 5.54 Å². The van der Waals surface area contributed by atoms with Crippen molar-refractivity contribution in [3.8, 4) is 11.5 Å². The van der Waals surface area contributed by atoms with Crippen molar-refractivity contribution >= 4 is 55.5 Å². The summed E-state index contributed by atoms with van der Waals surface area (Å²) in [5.41, 5.74) is 7.84. The first-order chi connectivity index (χ1) is 10.6. The lowest BCUT2D eigenvalue weighted by Crippen LogP contribution is -2.35. The van der Waals surface area contributed by atoms with E-state index in [2.05, 4.69) is 56.7 Å². The standard InChI is InChI=1S/C16H12BrIN2OS/c17-9-1-3-13-11(7-9)16(5-6-22-15(19)20-16)12-8-10(18)2-4-14(12)21-13/h1-4,7-8H,5-6H2,(H2,19,20)/t16-/m1/s1. The molecule has 0 unspecified atom stereocenters. The SMILES string of the molecule is NC1=N[C@]2(CCS1)c1cc(Br)ccc1Oc1ccc(I)cc12. The van der Waals surface area contributed by atoms with Crippen molar-refractivity contribution in [1.82, 2.24) is 0 Å². The number of aliphatic imine (C=N–C) groups is 1. The number of nitrogens with two attached hydrogens (primary N) is 1.